The molecule has 0 atom stereocenters. The standard InChI is InChI=1S/C22H16FN3O/c1-26-19-10-6-5-9-18(19)20(25-24-17-13-11-16(23)12-14-17)21(26)22(27)15-7-3-2-4-8-15/h2-14H,1H3/b25-24+. The number of fused-ring (bicyclic) bond motifs is 1. The SMILES string of the molecule is Cn1c(C(=O)c2ccccc2)c(/N=N/c2ccc(F)cc2)c2ccccc21. The van der Waals surface area contributed by atoms with Gasteiger partial charge in [-0.2, -0.15) is 5.11 Å². The molecule has 0 unspecified atom stereocenters. The molecule has 27 heavy (non-hydrogen) atoms. The highest BCUT2D eigenvalue weighted by atomic mass is 19.1. The Labute approximate surface area is 155 Å². The zero-order chi connectivity index (χ0) is 18.8. The number of rotatable bonds is 4. The maximum absolute atomic E-state index is 13.1. The van der Waals surface area contributed by atoms with Crippen LogP contribution in [0.5, 0.6) is 0 Å². The summed E-state index contributed by atoms with van der Waals surface area (Å²) in [6.45, 7) is 0. The smallest absolute Gasteiger partial charge is 0.211 e. The summed E-state index contributed by atoms with van der Waals surface area (Å²) >= 11 is 0. The maximum atomic E-state index is 13.1. The van der Waals surface area contributed by atoms with Gasteiger partial charge in [0, 0.05) is 18.0 Å². The molecule has 0 bridgehead atoms. The number of azo groups is 1. The summed E-state index contributed by atoms with van der Waals surface area (Å²) in [4.78, 5) is 13.1. The Morgan fingerprint density at radius 3 is 2.26 bits per heavy atom. The van der Waals surface area contributed by atoms with Crippen molar-refractivity contribution in [3.63, 3.8) is 0 Å². The van der Waals surface area contributed by atoms with E-state index in [-0.39, 0.29) is 11.6 Å². The lowest BCUT2D eigenvalue weighted by Crippen LogP contribution is -2.07. The first-order valence-corrected chi connectivity index (χ1v) is 8.49. The first kappa shape index (κ1) is 16.8. The van der Waals surface area contributed by atoms with Crippen molar-refractivity contribution < 1.29 is 9.18 Å². The van der Waals surface area contributed by atoms with E-state index in [4.69, 9.17) is 0 Å². The molecule has 132 valence electrons. The number of carbonyl (C=O) groups excluding carboxylic acids is 1. The summed E-state index contributed by atoms with van der Waals surface area (Å²) in [7, 11) is 1.84. The third kappa shape index (κ3) is 3.15. The Balaban J connectivity index is 1.88. The molecule has 0 spiro atoms. The summed E-state index contributed by atoms with van der Waals surface area (Å²) < 4.78 is 14.9. The number of carbonyl (C=O) groups is 1. The molecule has 0 radical (unpaired) electrons. The molecule has 0 fully saturated rings. The molecule has 4 rings (SSSR count). The van der Waals surface area contributed by atoms with Crippen molar-refractivity contribution in [1.29, 1.82) is 0 Å². The third-order valence-electron chi connectivity index (χ3n) is 4.42. The van der Waals surface area contributed by atoms with Crippen molar-refractivity contribution in [2.24, 2.45) is 17.3 Å². The minimum Gasteiger partial charge on any atom is -0.339 e. The van der Waals surface area contributed by atoms with Gasteiger partial charge in [0.15, 0.2) is 0 Å². The van der Waals surface area contributed by atoms with Crippen LogP contribution in [0.4, 0.5) is 15.8 Å². The summed E-state index contributed by atoms with van der Waals surface area (Å²) in [5.74, 6) is -0.457. The van der Waals surface area contributed by atoms with Gasteiger partial charge in [-0.15, -0.1) is 5.11 Å². The molecule has 0 aliphatic rings. The van der Waals surface area contributed by atoms with E-state index in [0.717, 1.165) is 10.9 Å². The van der Waals surface area contributed by atoms with Crippen LogP contribution < -0.4 is 0 Å². The van der Waals surface area contributed by atoms with Gasteiger partial charge in [-0.05, 0) is 30.3 Å². The summed E-state index contributed by atoms with van der Waals surface area (Å²) in [6, 6.07) is 22.5. The van der Waals surface area contributed by atoms with Gasteiger partial charge in [-0.1, -0.05) is 48.5 Å². The highest BCUT2D eigenvalue weighted by Crippen LogP contribution is 2.35. The highest BCUT2D eigenvalue weighted by molar-refractivity contribution is 6.15. The van der Waals surface area contributed by atoms with Crippen molar-refractivity contribution in [3.8, 4) is 0 Å². The first-order valence-electron chi connectivity index (χ1n) is 8.49. The van der Waals surface area contributed by atoms with Crippen molar-refractivity contribution >= 4 is 28.1 Å². The predicted molar refractivity (Wildman–Crippen MR) is 103 cm³/mol. The van der Waals surface area contributed by atoms with Crippen molar-refractivity contribution in [2.45, 2.75) is 0 Å². The number of aryl methyl sites for hydroxylation is 1. The number of ketones is 1. The van der Waals surface area contributed by atoms with E-state index < -0.39 is 0 Å². The Kier molecular flexibility index (Phi) is 4.34. The van der Waals surface area contributed by atoms with Crippen LogP contribution in [0.1, 0.15) is 16.1 Å². The lowest BCUT2D eigenvalue weighted by molar-refractivity contribution is 0.103. The van der Waals surface area contributed by atoms with Crippen LogP contribution >= 0.6 is 0 Å². The lowest BCUT2D eigenvalue weighted by atomic mass is 10.1. The Morgan fingerprint density at radius 2 is 1.52 bits per heavy atom. The molecule has 1 heterocycles. The molecular formula is C22H16FN3O. The van der Waals surface area contributed by atoms with Gasteiger partial charge in [0.1, 0.15) is 17.2 Å². The molecule has 0 N–H and O–H groups in total. The van der Waals surface area contributed by atoms with Crippen LogP contribution in [0.15, 0.2) is 89.1 Å². The average Bonchev–Trinajstić information content (AvgIpc) is 3.00. The quantitative estimate of drug-likeness (QED) is 0.328. The zero-order valence-electron chi connectivity index (χ0n) is 14.6. The van der Waals surface area contributed by atoms with Gasteiger partial charge in [0.25, 0.3) is 0 Å². The summed E-state index contributed by atoms with van der Waals surface area (Å²) in [5, 5.41) is 9.41. The van der Waals surface area contributed by atoms with Crippen LogP contribution in [0.25, 0.3) is 10.9 Å². The highest BCUT2D eigenvalue weighted by Gasteiger charge is 2.22. The minimum absolute atomic E-state index is 0.123. The molecule has 0 saturated heterocycles. The van der Waals surface area contributed by atoms with Gasteiger partial charge >= 0.3 is 0 Å². The van der Waals surface area contributed by atoms with Crippen molar-refractivity contribution in [1.82, 2.24) is 4.57 Å². The number of benzene rings is 3. The van der Waals surface area contributed by atoms with Crippen LogP contribution in [0.3, 0.4) is 0 Å². The summed E-state index contributed by atoms with van der Waals surface area (Å²) in [6.07, 6.45) is 0. The second-order valence-corrected chi connectivity index (χ2v) is 6.14. The van der Waals surface area contributed by atoms with Gasteiger partial charge in [-0.3, -0.25) is 4.79 Å². The molecule has 0 aliphatic heterocycles. The van der Waals surface area contributed by atoms with Crippen molar-refractivity contribution in [3.05, 3.63) is 95.9 Å². The fourth-order valence-electron chi connectivity index (χ4n) is 3.08. The zero-order valence-corrected chi connectivity index (χ0v) is 14.6. The van der Waals surface area contributed by atoms with Crippen LogP contribution in [-0.2, 0) is 7.05 Å². The predicted octanol–water partition coefficient (Wildman–Crippen LogP) is 5.96. The molecule has 4 nitrogen and oxygen atoms in total. The number of hydrogen-bond donors (Lipinski definition) is 0. The molecule has 0 saturated carbocycles. The van der Waals surface area contributed by atoms with E-state index in [1.54, 1.807) is 24.3 Å². The normalized spacial score (nSPS) is 11.3. The van der Waals surface area contributed by atoms with Gasteiger partial charge in [0.05, 0.1) is 11.2 Å². The van der Waals surface area contributed by atoms with Crippen LogP contribution in [0.2, 0.25) is 0 Å². The van der Waals surface area contributed by atoms with E-state index in [1.807, 2.05) is 54.1 Å². The molecule has 0 amide bonds. The maximum Gasteiger partial charge on any atom is 0.211 e. The Hall–Kier alpha value is -3.60. The van der Waals surface area contributed by atoms with Gasteiger partial charge < -0.3 is 4.57 Å². The molecule has 1 aromatic heterocycles. The third-order valence-corrected chi connectivity index (χ3v) is 4.42. The average molecular weight is 357 g/mol. The van der Waals surface area contributed by atoms with E-state index in [2.05, 4.69) is 10.2 Å². The second-order valence-electron chi connectivity index (χ2n) is 6.14. The van der Waals surface area contributed by atoms with E-state index >= 15 is 0 Å². The summed E-state index contributed by atoms with van der Waals surface area (Å²) in [5.41, 5.74) is 2.97. The molecule has 4 aromatic rings. The molecule has 0 aliphatic carbocycles. The molecular weight excluding hydrogens is 341 g/mol. The monoisotopic (exact) mass is 357 g/mol. The fourth-order valence-corrected chi connectivity index (χ4v) is 3.08. The van der Waals surface area contributed by atoms with E-state index in [0.29, 0.717) is 22.6 Å². The first-order chi connectivity index (χ1) is 13.1. The Bertz CT molecular complexity index is 1150. The van der Waals surface area contributed by atoms with Gasteiger partial charge in [0.2, 0.25) is 5.78 Å². The van der Waals surface area contributed by atoms with Crippen molar-refractivity contribution in [2.75, 3.05) is 0 Å². The molecule has 5 heteroatoms. The van der Waals surface area contributed by atoms with Crippen LogP contribution in [-0.4, -0.2) is 10.4 Å². The number of para-hydroxylation sites is 1. The fraction of sp³-hybridized carbons (Fsp3) is 0.0455. The van der Waals surface area contributed by atoms with E-state index in [9.17, 15) is 9.18 Å². The largest absolute Gasteiger partial charge is 0.339 e. The van der Waals surface area contributed by atoms with Gasteiger partial charge in [-0.25, -0.2) is 4.39 Å². The van der Waals surface area contributed by atoms with E-state index in [1.165, 1.54) is 12.1 Å². The number of aromatic nitrogens is 1. The molecule has 3 aromatic carbocycles. The number of halogens is 1. The number of hydrogen-bond acceptors (Lipinski definition) is 3. The topological polar surface area (TPSA) is 46.7 Å². The lowest BCUT2D eigenvalue weighted by Gasteiger charge is -2.04. The minimum atomic E-state index is -0.334. The second kappa shape index (κ2) is 6.96. The van der Waals surface area contributed by atoms with Crippen LogP contribution in [0, 0.1) is 5.82 Å². The Morgan fingerprint density at radius 1 is 0.852 bits per heavy atom. The number of nitrogens with zero attached hydrogens (tertiary/aromatic N) is 3.